The number of benzene rings is 20. The minimum atomic E-state index is 0.888. The van der Waals surface area contributed by atoms with E-state index in [2.05, 4.69) is 467 Å². The third-order valence-electron chi connectivity index (χ3n) is 27.7. The molecule has 139 heavy (non-hydrogen) atoms. The molecule has 29 rings (SSSR count). The molecule has 9 heterocycles. The molecular formula is C130H81N5O3S. The van der Waals surface area contributed by atoms with Gasteiger partial charge in [-0.25, -0.2) is 0 Å². The number of furan rings is 3. The van der Waals surface area contributed by atoms with Crippen LogP contribution in [-0.4, -0.2) is 23.7 Å². The average molecular weight is 1790 g/mol. The van der Waals surface area contributed by atoms with Gasteiger partial charge in [-0.1, -0.05) is 279 Å². The molecule has 0 aliphatic heterocycles. The molecule has 0 unspecified atom stereocenters. The Kier molecular flexibility index (Phi) is 19.3. The molecule has 0 fully saturated rings. The molecule has 0 amide bonds. The van der Waals surface area contributed by atoms with E-state index in [-0.39, 0.29) is 0 Å². The number of thiophene rings is 1. The maximum atomic E-state index is 6.31. The van der Waals surface area contributed by atoms with Crippen LogP contribution in [0.2, 0.25) is 0 Å². The summed E-state index contributed by atoms with van der Waals surface area (Å²) in [4.78, 5) is 8.88. The second-order valence-electron chi connectivity index (χ2n) is 35.9. The highest BCUT2D eigenvalue weighted by Gasteiger charge is 2.22. The zero-order valence-electron chi connectivity index (χ0n) is 75.1. The minimum Gasteiger partial charge on any atom is -0.456 e. The third-order valence-corrected chi connectivity index (χ3v) is 28.9. The Bertz CT molecular complexity index is 9780. The second-order valence-corrected chi connectivity index (χ2v) is 37.0. The highest BCUT2D eigenvalue weighted by atomic mass is 32.1. The second kappa shape index (κ2) is 33.4. The molecule has 0 spiro atoms. The van der Waals surface area contributed by atoms with Crippen molar-refractivity contribution in [1.82, 2.24) is 23.7 Å². The molecule has 0 bridgehead atoms. The minimum absolute atomic E-state index is 0.888. The van der Waals surface area contributed by atoms with E-state index in [9.17, 15) is 0 Å². The van der Waals surface area contributed by atoms with Crippen molar-refractivity contribution < 1.29 is 13.3 Å². The lowest BCUT2D eigenvalue weighted by Crippen LogP contribution is -1.96. The lowest BCUT2D eigenvalue weighted by atomic mass is 9.92. The van der Waals surface area contributed by atoms with Gasteiger partial charge in [0.25, 0.3) is 0 Å². The highest BCUT2D eigenvalue weighted by Crippen LogP contribution is 2.46. The lowest BCUT2D eigenvalue weighted by Gasteiger charge is -2.15. The van der Waals surface area contributed by atoms with Gasteiger partial charge in [0.1, 0.15) is 33.5 Å². The number of hydrogen-bond donors (Lipinski definition) is 0. The van der Waals surface area contributed by atoms with E-state index in [0.717, 1.165) is 144 Å². The van der Waals surface area contributed by atoms with Crippen LogP contribution in [0.15, 0.2) is 505 Å². The molecule has 0 N–H and O–H groups in total. The molecular weight excluding hydrogens is 1710 g/mol. The molecule has 20 aromatic carbocycles. The van der Waals surface area contributed by atoms with Gasteiger partial charge in [-0.3, -0.25) is 9.97 Å². The summed E-state index contributed by atoms with van der Waals surface area (Å²) < 4.78 is 28.4. The van der Waals surface area contributed by atoms with E-state index < -0.39 is 0 Å². The first-order valence-corrected chi connectivity index (χ1v) is 47.9. The van der Waals surface area contributed by atoms with Gasteiger partial charge in [0.2, 0.25) is 0 Å². The molecule has 29 aromatic rings. The predicted octanol–water partition coefficient (Wildman–Crippen LogP) is 36.2. The van der Waals surface area contributed by atoms with Crippen molar-refractivity contribution in [3.05, 3.63) is 492 Å². The lowest BCUT2D eigenvalue weighted by molar-refractivity contribution is 0.668. The molecule has 8 nitrogen and oxygen atoms in total. The first-order chi connectivity index (χ1) is 68.8. The molecule has 0 aliphatic rings. The summed E-state index contributed by atoms with van der Waals surface area (Å²) in [5, 5.41) is 16.8. The van der Waals surface area contributed by atoms with Crippen LogP contribution >= 0.6 is 11.3 Å². The van der Waals surface area contributed by atoms with Crippen LogP contribution in [0, 0.1) is 0 Å². The molecule has 0 saturated carbocycles. The Balaban J connectivity index is 0.000000106. The van der Waals surface area contributed by atoms with Crippen LogP contribution in [-0.2, 0) is 0 Å². The number of pyridine rings is 2. The standard InChI is InChI=1S/C48H29NO2.C46H29N3O.C36H23NS/c1-5-16-43-37(12-1)38-13-2-6-17-44(38)49(43)36-26-34(25-35(27-36)33-21-23-48-42(29-33)40-15-4-8-19-46(40)51-48)31-11-9-10-30(24-31)32-20-22-47-41(28-32)39-14-3-7-18-45(39)50-47;1-3-7-30(8-4-1)33-13-17-45-41(26-33)42-27-34(14-18-46(42)50-45)37-24-35(31-9-5-2-6-10-31)23-36(25-37)32-11-15-38(16-12-32)49-43-28-47-21-19-39(43)40-20-22-48-29-44(40)49;1-4-16-33-29(13-1)30-14-2-5-17-34(30)37(33)28-12-8-11-26(22-28)24-9-7-10-25(21-24)27-19-20-36-32(23-27)31-15-3-6-18-35(31)38-36/h1-29H;1-29H;1-23H. The summed E-state index contributed by atoms with van der Waals surface area (Å²) in [6, 6.07) is 168. The van der Waals surface area contributed by atoms with Crippen LogP contribution < -0.4 is 0 Å². The molecule has 9 heteroatoms. The Morgan fingerprint density at radius 3 is 0.899 bits per heavy atom. The van der Waals surface area contributed by atoms with Crippen molar-refractivity contribution >= 4 is 163 Å². The van der Waals surface area contributed by atoms with Crippen molar-refractivity contribution in [3.8, 4) is 117 Å². The Hall–Kier alpha value is -18.3. The fourth-order valence-corrected chi connectivity index (χ4v) is 22.2. The largest absolute Gasteiger partial charge is 0.456 e. The van der Waals surface area contributed by atoms with E-state index in [0.29, 0.717) is 0 Å². The molecule has 0 atom stereocenters. The smallest absolute Gasteiger partial charge is 0.135 e. The zero-order chi connectivity index (χ0) is 91.5. The molecule has 650 valence electrons. The Morgan fingerprint density at radius 1 is 0.151 bits per heavy atom. The maximum Gasteiger partial charge on any atom is 0.135 e. The summed E-state index contributed by atoms with van der Waals surface area (Å²) in [6.07, 6.45) is 7.56. The van der Waals surface area contributed by atoms with Gasteiger partial charge in [0.15, 0.2) is 0 Å². The van der Waals surface area contributed by atoms with Gasteiger partial charge in [-0.15, -0.1) is 11.3 Å². The third kappa shape index (κ3) is 14.2. The normalized spacial score (nSPS) is 11.7. The number of nitrogens with zero attached hydrogens (tertiary/aromatic N) is 5. The predicted molar refractivity (Wildman–Crippen MR) is 582 cm³/mol. The summed E-state index contributed by atoms with van der Waals surface area (Å²) in [5.41, 5.74) is 36.9. The number of para-hydroxylation sites is 6. The first kappa shape index (κ1) is 80.4. The molecule has 9 aromatic heterocycles. The summed E-state index contributed by atoms with van der Waals surface area (Å²) in [6.45, 7) is 0. The number of hydrogen-bond acceptors (Lipinski definition) is 6. The molecule has 0 saturated heterocycles. The van der Waals surface area contributed by atoms with Crippen molar-refractivity contribution in [1.29, 1.82) is 0 Å². The van der Waals surface area contributed by atoms with Crippen molar-refractivity contribution in [2.45, 2.75) is 0 Å². The van der Waals surface area contributed by atoms with E-state index in [1.165, 1.54) is 125 Å². The molecule has 0 radical (unpaired) electrons. The fourth-order valence-electron chi connectivity index (χ4n) is 21.1. The zero-order valence-corrected chi connectivity index (χ0v) is 76.0. The van der Waals surface area contributed by atoms with E-state index in [4.69, 9.17) is 13.3 Å². The number of aromatic nitrogens is 5. The van der Waals surface area contributed by atoms with Crippen molar-refractivity contribution in [2.24, 2.45) is 0 Å². The van der Waals surface area contributed by atoms with Crippen LogP contribution in [0.1, 0.15) is 0 Å². The van der Waals surface area contributed by atoms with Gasteiger partial charge in [-0.05, 0) is 288 Å². The monoisotopic (exact) mass is 1790 g/mol. The van der Waals surface area contributed by atoms with Gasteiger partial charge < -0.3 is 27.0 Å². The van der Waals surface area contributed by atoms with Gasteiger partial charge in [-0.2, -0.15) is 0 Å². The Morgan fingerprint density at radius 2 is 0.424 bits per heavy atom. The maximum absolute atomic E-state index is 6.31. The number of fused-ring (bicyclic) bond motifs is 21. The quantitative estimate of drug-likeness (QED) is 0.122. The van der Waals surface area contributed by atoms with Crippen LogP contribution in [0.3, 0.4) is 0 Å². The average Bonchev–Trinajstić information content (AvgIpc) is 1.59. The van der Waals surface area contributed by atoms with Gasteiger partial charge in [0.05, 0.1) is 45.5 Å². The highest BCUT2D eigenvalue weighted by molar-refractivity contribution is 7.25. The Labute approximate surface area is 803 Å². The van der Waals surface area contributed by atoms with E-state index >= 15 is 0 Å². The topological polar surface area (TPSA) is 80.0 Å². The fraction of sp³-hybridized carbons (Fsp3) is 0. The van der Waals surface area contributed by atoms with Gasteiger partial charge >= 0.3 is 0 Å². The summed E-state index contributed by atoms with van der Waals surface area (Å²) in [7, 11) is 0. The van der Waals surface area contributed by atoms with Gasteiger partial charge in [0, 0.05) is 114 Å². The van der Waals surface area contributed by atoms with Crippen molar-refractivity contribution in [2.75, 3.05) is 0 Å². The van der Waals surface area contributed by atoms with E-state index in [1.807, 2.05) is 60.4 Å². The molecule has 0 aliphatic carbocycles. The van der Waals surface area contributed by atoms with Crippen LogP contribution in [0.25, 0.3) is 269 Å². The number of rotatable bonds is 12. The first-order valence-electron chi connectivity index (χ1n) is 47.1. The van der Waals surface area contributed by atoms with Crippen LogP contribution in [0.4, 0.5) is 0 Å². The summed E-state index contributed by atoms with van der Waals surface area (Å²) >= 11 is 1.86. The SMILES string of the molecule is c1cc(-c2cc(-c3ccc4oc5ccccc5c4c3)cc(-n3c4ccccc4c4ccccc43)c2)cc(-c2ccc3oc4ccccc4c3c2)c1.c1cc(-c2cccc(-n3c4ccccc4c4ccccc43)c2)cc(-c2ccc3sc4ccccc4c3c2)c1.c1ccc(-c2cc(-c3ccc(-n4c5cnccc5c5ccncc54)cc3)cc(-c3ccc4oc5ccc(-c6ccccc6)cc5c4c3)c2)cc1. The summed E-state index contributed by atoms with van der Waals surface area (Å²) in [5.74, 6) is 0. The van der Waals surface area contributed by atoms with Crippen LogP contribution in [0.5, 0.6) is 0 Å². The van der Waals surface area contributed by atoms with Crippen molar-refractivity contribution in [3.63, 3.8) is 0 Å². The van der Waals surface area contributed by atoms with E-state index in [1.54, 1.807) is 0 Å².